The van der Waals surface area contributed by atoms with Gasteiger partial charge >= 0.3 is 0 Å². The number of hydrogen-bond donors (Lipinski definition) is 0. The summed E-state index contributed by atoms with van der Waals surface area (Å²) < 4.78 is 0. The second-order valence-electron chi connectivity index (χ2n) is 55.0. The first-order chi connectivity index (χ1) is 62.6. The van der Waals surface area contributed by atoms with Crippen LogP contribution in [0.2, 0.25) is 0 Å². The van der Waals surface area contributed by atoms with Crippen LogP contribution >= 0.6 is 0 Å². The topological polar surface area (TPSA) is 0 Å². The smallest absolute Gasteiger partial charge is 0.0106 e. The SMILES string of the molecule is C.Cc1c(C)c(-c2c(C)c(C)c(C(C)(C)C)c(C)c2C)c(C)c(C(C)(C)C)c1C.Cc1c(C)c(-c2c(C)c(C)c(C)c(C(C)(C)C)c2C)c(C)c(C(C)(C)C)c1C.Cc1c(C)c(C)c(C(C)(C)C)c(-c2c(C)c(C)c(C(C)(C)C)c(C)c2C)c1C.Cc1c(C)c(C)c(C(C)(C)C)c(-c2c(C)c(C)c(C)c(C(C)(C)C)c2C)c1C.Cc1c(C)c(C)c(C(C)(C)C)c(-c2c(C)c(C)c(C)c(C)c2C(C)(C)C)c1C. The van der Waals surface area contributed by atoms with E-state index in [0.717, 1.165) is 0 Å². The third-order valence-electron chi connectivity index (χ3n) is 35.2. The molecule has 10 aromatic carbocycles. The maximum atomic E-state index is 2.37. The summed E-state index contributed by atoms with van der Waals surface area (Å²) in [5.41, 5.74) is 89.2. The van der Waals surface area contributed by atoms with Gasteiger partial charge in [0.15, 0.2) is 0 Å². The fourth-order valence-corrected chi connectivity index (χ4v) is 27.2. The average molecular weight is 1910 g/mol. The lowest BCUT2D eigenvalue weighted by molar-refractivity contribution is 0.578. The average Bonchev–Trinajstić information content (AvgIpc) is 0.733. The molecule has 10 rings (SSSR count). The summed E-state index contributed by atoms with van der Waals surface area (Å²) in [6, 6.07) is 0. The van der Waals surface area contributed by atoms with Gasteiger partial charge in [-0.05, 0) is 665 Å². The van der Waals surface area contributed by atoms with Crippen LogP contribution in [0.3, 0.4) is 0 Å². The molecule has 0 atom stereocenters. The molecular weight excluding hydrogens is 1690 g/mol. The Kier molecular flexibility index (Phi) is 37.0. The molecule has 0 unspecified atom stereocenters. The Hall–Kier alpha value is -7.80. The molecule has 0 radical (unpaired) electrons. The van der Waals surface area contributed by atoms with Crippen LogP contribution in [0.5, 0.6) is 0 Å². The molecule has 0 fully saturated rings. The largest absolute Gasteiger partial charge is 0.0776 e. The van der Waals surface area contributed by atoms with E-state index in [1.165, 1.54) is 334 Å². The van der Waals surface area contributed by atoms with Crippen LogP contribution < -0.4 is 0 Å². The lowest BCUT2D eigenvalue weighted by atomic mass is 9.69. The monoisotopic (exact) mass is 1910 g/mol. The van der Waals surface area contributed by atoms with Crippen LogP contribution in [-0.2, 0) is 54.1 Å². The summed E-state index contributed by atoms with van der Waals surface area (Å²) in [5, 5.41) is 0. The van der Waals surface area contributed by atoms with Gasteiger partial charge in [-0.1, -0.05) is 215 Å². The van der Waals surface area contributed by atoms with E-state index in [-0.39, 0.29) is 61.6 Å². The molecule has 0 heteroatoms. The van der Waals surface area contributed by atoms with Gasteiger partial charge in [-0.3, -0.25) is 0 Å². The molecule has 0 N–H and O–H groups in total. The fraction of sp³-hybridized carbons (Fsp3) is 0.574. The zero-order valence-electron chi connectivity index (χ0n) is 105. The molecule has 0 amide bonds. The first-order valence-corrected chi connectivity index (χ1v) is 53.8. The van der Waals surface area contributed by atoms with Crippen molar-refractivity contribution in [1.29, 1.82) is 0 Å². The highest BCUT2D eigenvalue weighted by molar-refractivity contribution is 5.89. The Labute approximate surface area is 874 Å². The minimum atomic E-state index is 0. The van der Waals surface area contributed by atoms with Crippen LogP contribution in [-0.4, -0.2) is 0 Å². The Morgan fingerprint density at radius 1 is 0.0709 bits per heavy atom. The Morgan fingerprint density at radius 3 is 0.270 bits per heavy atom. The highest BCUT2D eigenvalue weighted by Gasteiger charge is 2.39. The van der Waals surface area contributed by atoms with Crippen LogP contribution in [0.1, 0.15) is 493 Å². The van der Waals surface area contributed by atoms with Crippen molar-refractivity contribution in [3.05, 3.63) is 278 Å². The molecule has 0 bridgehead atoms. The van der Waals surface area contributed by atoms with Gasteiger partial charge in [-0.2, -0.15) is 0 Å². The molecule has 0 aliphatic carbocycles. The molecule has 0 nitrogen and oxygen atoms in total. The first kappa shape index (κ1) is 124. The summed E-state index contributed by atoms with van der Waals surface area (Å²) in [5.74, 6) is 0. The molecular formula is C141H214. The Bertz CT molecular complexity index is 6320. The standard InChI is InChI=1S/5C28H42.CH4/c1-15-17(3)23(21(7)25(19(15)5)27(9,10)11)24-18(4)16(2)20(6)26(22(24)8)28(12,13)14;1-15-17(3)21(7)25(27(9,10)11)23(19(15)5)24-20(6)16(2)18(4)22(8)26(24)28(12,13)14;1-15-16(2)24(22(8)26(19(15)5)28(12,13)14)23-17(3)20(6)25(27(9,10)11)21(7)18(23)4;1-15-16(2)21(7)26(28(12,13)14)24(19(15)5)23-18(4)17(3)20(6)25(22(23)8)27(9,10)11;1-15-16(2)20(6)26(28(12,13)14)24(17(15)3)23-18(4)21(7)25(27(9,10)11)22(8)19(23)5;/h5*1-14H3;1H4. The first-order valence-electron chi connectivity index (χ1n) is 53.8. The minimum Gasteiger partial charge on any atom is -0.0776 e. The molecule has 10 aromatic rings. The van der Waals surface area contributed by atoms with Crippen molar-refractivity contribution in [3.8, 4) is 55.6 Å². The Balaban J connectivity index is 0.000000310. The third kappa shape index (κ3) is 23.0. The van der Waals surface area contributed by atoms with E-state index in [0.29, 0.717) is 0 Å². The molecule has 0 aromatic heterocycles. The normalized spacial score (nSPS) is 12.6. The summed E-state index contributed by atoms with van der Waals surface area (Å²) in [4.78, 5) is 0. The maximum Gasteiger partial charge on any atom is -0.0106 e. The molecule has 0 saturated carbocycles. The van der Waals surface area contributed by atoms with Crippen molar-refractivity contribution in [2.24, 2.45) is 0 Å². The summed E-state index contributed by atoms with van der Waals surface area (Å²) in [7, 11) is 0. The maximum absolute atomic E-state index is 2.37. The van der Waals surface area contributed by atoms with Crippen molar-refractivity contribution >= 4 is 0 Å². The lowest BCUT2D eigenvalue weighted by Crippen LogP contribution is -2.22. The van der Waals surface area contributed by atoms with E-state index in [2.05, 4.69) is 485 Å². The van der Waals surface area contributed by atoms with Gasteiger partial charge in [-0.15, -0.1) is 0 Å². The third-order valence-corrected chi connectivity index (χ3v) is 35.2. The molecule has 0 aliphatic heterocycles. The van der Waals surface area contributed by atoms with Crippen LogP contribution in [0.25, 0.3) is 55.6 Å². The van der Waals surface area contributed by atoms with Crippen LogP contribution in [0, 0.1) is 277 Å². The van der Waals surface area contributed by atoms with Gasteiger partial charge in [0, 0.05) is 0 Å². The molecule has 0 spiro atoms. The predicted molar refractivity (Wildman–Crippen MR) is 643 cm³/mol. The van der Waals surface area contributed by atoms with Gasteiger partial charge in [0.1, 0.15) is 0 Å². The van der Waals surface area contributed by atoms with E-state index < -0.39 is 0 Å². The molecule has 0 aliphatic rings. The number of hydrogen-bond acceptors (Lipinski definition) is 0. The molecule has 0 heterocycles. The number of rotatable bonds is 5. The predicted octanol–water partition coefficient (Wildman–Crippen LogP) is 42.7. The van der Waals surface area contributed by atoms with Crippen molar-refractivity contribution in [2.75, 3.05) is 0 Å². The fourth-order valence-electron chi connectivity index (χ4n) is 27.2. The molecule has 0 saturated heterocycles. The highest BCUT2D eigenvalue weighted by atomic mass is 14.4. The van der Waals surface area contributed by atoms with Crippen molar-refractivity contribution < 1.29 is 0 Å². The summed E-state index contributed by atoms with van der Waals surface area (Å²) >= 11 is 0. The van der Waals surface area contributed by atoms with Gasteiger partial charge in [0.2, 0.25) is 0 Å². The minimum absolute atomic E-state index is 0. The molecule has 141 heavy (non-hydrogen) atoms. The van der Waals surface area contributed by atoms with Gasteiger partial charge < -0.3 is 0 Å². The van der Waals surface area contributed by atoms with Gasteiger partial charge in [0.25, 0.3) is 0 Å². The number of benzene rings is 10. The molecule has 778 valence electrons. The zero-order chi connectivity index (χ0) is 110. The van der Waals surface area contributed by atoms with E-state index >= 15 is 0 Å². The van der Waals surface area contributed by atoms with E-state index in [1.807, 2.05) is 0 Å². The van der Waals surface area contributed by atoms with Gasteiger partial charge in [-0.25, -0.2) is 0 Å². The summed E-state index contributed by atoms with van der Waals surface area (Å²) in [6.07, 6.45) is 0. The van der Waals surface area contributed by atoms with E-state index in [4.69, 9.17) is 0 Å². The van der Waals surface area contributed by atoms with Crippen molar-refractivity contribution in [3.63, 3.8) is 0 Å². The van der Waals surface area contributed by atoms with Crippen molar-refractivity contribution in [2.45, 2.75) is 546 Å². The quantitative estimate of drug-likeness (QED) is 0.161. The van der Waals surface area contributed by atoms with Crippen LogP contribution in [0.4, 0.5) is 0 Å². The van der Waals surface area contributed by atoms with Crippen molar-refractivity contribution in [1.82, 2.24) is 0 Å². The second kappa shape index (κ2) is 42.2. The highest BCUT2D eigenvalue weighted by Crippen LogP contribution is 2.55. The lowest BCUT2D eigenvalue weighted by Gasteiger charge is -2.35. The Morgan fingerprint density at radius 2 is 0.135 bits per heavy atom. The van der Waals surface area contributed by atoms with E-state index in [9.17, 15) is 0 Å². The van der Waals surface area contributed by atoms with E-state index in [1.54, 1.807) is 0 Å². The van der Waals surface area contributed by atoms with Gasteiger partial charge in [0.05, 0.1) is 0 Å². The second-order valence-corrected chi connectivity index (χ2v) is 55.0. The summed E-state index contributed by atoms with van der Waals surface area (Å²) in [6.45, 7) is 163. The zero-order valence-corrected chi connectivity index (χ0v) is 105. The van der Waals surface area contributed by atoms with Crippen LogP contribution in [0.15, 0.2) is 0 Å².